The van der Waals surface area contributed by atoms with Crippen LogP contribution >= 0.6 is 0 Å². The summed E-state index contributed by atoms with van der Waals surface area (Å²) >= 11 is 0. The third-order valence-electron chi connectivity index (χ3n) is 6.55. The van der Waals surface area contributed by atoms with Crippen LogP contribution in [0.4, 0.5) is 0 Å². The zero-order chi connectivity index (χ0) is 19.1. The molecular formula is C22H24N2O4. The van der Waals surface area contributed by atoms with Gasteiger partial charge in [0.2, 0.25) is 5.91 Å². The fraction of sp³-hybridized carbons (Fsp3) is 0.455. The molecule has 2 bridgehead atoms. The van der Waals surface area contributed by atoms with Crippen molar-refractivity contribution in [3.05, 3.63) is 54.0 Å². The van der Waals surface area contributed by atoms with Gasteiger partial charge in [-0.3, -0.25) is 9.59 Å². The summed E-state index contributed by atoms with van der Waals surface area (Å²) in [6.45, 7) is 0.575. The van der Waals surface area contributed by atoms with Crippen LogP contribution in [-0.4, -0.2) is 24.1 Å². The van der Waals surface area contributed by atoms with Gasteiger partial charge in [-0.1, -0.05) is 12.1 Å². The molecule has 146 valence electrons. The Hall–Kier alpha value is -2.76. The van der Waals surface area contributed by atoms with Crippen molar-refractivity contribution in [1.29, 1.82) is 0 Å². The second-order valence-corrected chi connectivity index (χ2v) is 8.14. The number of carbonyl (C=O) groups excluding carboxylic acids is 2. The first kappa shape index (κ1) is 17.3. The predicted molar refractivity (Wildman–Crippen MR) is 102 cm³/mol. The van der Waals surface area contributed by atoms with E-state index in [2.05, 4.69) is 10.6 Å². The quantitative estimate of drug-likeness (QED) is 0.855. The largest absolute Gasteiger partial charge is 0.469 e. The van der Waals surface area contributed by atoms with Gasteiger partial charge in [0.05, 0.1) is 11.8 Å². The minimum absolute atomic E-state index is 0.0151. The minimum Gasteiger partial charge on any atom is -0.469 e. The van der Waals surface area contributed by atoms with E-state index in [-0.39, 0.29) is 29.6 Å². The van der Waals surface area contributed by atoms with E-state index in [0.29, 0.717) is 30.7 Å². The molecule has 2 amide bonds. The van der Waals surface area contributed by atoms with E-state index in [0.717, 1.165) is 25.0 Å². The molecule has 0 unspecified atom stereocenters. The number of nitrogens with one attached hydrogen (secondary N) is 2. The van der Waals surface area contributed by atoms with E-state index in [9.17, 15) is 9.59 Å². The predicted octanol–water partition coefficient (Wildman–Crippen LogP) is 2.89. The Bertz CT molecular complexity index is 894. The van der Waals surface area contributed by atoms with Crippen molar-refractivity contribution in [2.24, 2.45) is 17.8 Å². The second-order valence-electron chi connectivity index (χ2n) is 8.14. The smallest absolute Gasteiger partial charge is 0.258 e. The van der Waals surface area contributed by atoms with Gasteiger partial charge >= 0.3 is 0 Å². The molecule has 3 aliphatic carbocycles. The van der Waals surface area contributed by atoms with E-state index in [1.165, 1.54) is 0 Å². The number of hydrogen-bond acceptors (Lipinski definition) is 4. The highest BCUT2D eigenvalue weighted by Gasteiger charge is 2.57. The maximum absolute atomic E-state index is 12.8. The average Bonchev–Trinajstić information content (AvgIpc) is 3.22. The number of amides is 2. The van der Waals surface area contributed by atoms with Crippen LogP contribution in [0.3, 0.4) is 0 Å². The highest BCUT2D eigenvalue weighted by atomic mass is 16.5. The summed E-state index contributed by atoms with van der Waals surface area (Å²) in [7, 11) is 0. The standard InChI is InChI=1S/C22H24N2O4/c25-20(23-10-9-16-4-3-11-27-16)18-12-15-8-7-14(18)13-22(15)24-21(26)17-5-1-2-6-19(17)28-22/h1-6,11,14-15,18H,7-10,12-13H2,(H,23,25)(H,24,26)/t14-,15-,18+,22+/m1/s1. The summed E-state index contributed by atoms with van der Waals surface area (Å²) in [5.74, 6) is 1.92. The maximum Gasteiger partial charge on any atom is 0.258 e. The number of benzene rings is 1. The van der Waals surface area contributed by atoms with Crippen molar-refractivity contribution < 1.29 is 18.7 Å². The minimum atomic E-state index is -0.667. The normalized spacial score (nSPS) is 30.4. The Morgan fingerprint density at radius 1 is 1.21 bits per heavy atom. The van der Waals surface area contributed by atoms with E-state index in [1.807, 2.05) is 30.3 Å². The molecule has 6 rings (SSSR count). The molecule has 6 nitrogen and oxygen atoms in total. The molecule has 0 saturated heterocycles. The Labute approximate surface area is 163 Å². The number of rotatable bonds is 4. The van der Waals surface area contributed by atoms with Crippen molar-refractivity contribution in [1.82, 2.24) is 10.6 Å². The van der Waals surface area contributed by atoms with Crippen LogP contribution in [0.5, 0.6) is 5.75 Å². The summed E-state index contributed by atoms with van der Waals surface area (Å²) in [6, 6.07) is 11.1. The van der Waals surface area contributed by atoms with Gasteiger partial charge in [0.1, 0.15) is 11.5 Å². The molecule has 3 fully saturated rings. The van der Waals surface area contributed by atoms with Crippen LogP contribution < -0.4 is 15.4 Å². The molecular weight excluding hydrogens is 356 g/mol. The molecule has 1 aromatic heterocycles. The maximum atomic E-state index is 12.8. The van der Waals surface area contributed by atoms with Gasteiger partial charge in [0.15, 0.2) is 5.72 Å². The van der Waals surface area contributed by atoms with E-state index >= 15 is 0 Å². The summed E-state index contributed by atoms with van der Waals surface area (Å²) in [6.07, 6.45) is 5.76. The van der Waals surface area contributed by atoms with Crippen molar-refractivity contribution in [3.8, 4) is 5.75 Å². The highest BCUT2D eigenvalue weighted by molar-refractivity contribution is 5.98. The lowest BCUT2D eigenvalue weighted by atomic mass is 9.60. The fourth-order valence-corrected chi connectivity index (χ4v) is 5.18. The molecule has 1 spiro atoms. The Balaban J connectivity index is 1.26. The Morgan fingerprint density at radius 3 is 2.89 bits per heavy atom. The number of fused-ring (bicyclic) bond motifs is 3. The molecule has 2 N–H and O–H groups in total. The van der Waals surface area contributed by atoms with Crippen LogP contribution in [-0.2, 0) is 11.2 Å². The number of hydrogen-bond donors (Lipinski definition) is 2. The number of carbonyl (C=O) groups is 2. The van der Waals surface area contributed by atoms with Gasteiger partial charge in [-0.15, -0.1) is 0 Å². The third-order valence-corrected chi connectivity index (χ3v) is 6.55. The van der Waals surface area contributed by atoms with Gasteiger partial charge in [-0.2, -0.15) is 0 Å². The third kappa shape index (κ3) is 2.87. The molecule has 4 aliphatic rings. The van der Waals surface area contributed by atoms with Crippen molar-refractivity contribution in [2.75, 3.05) is 6.54 Å². The van der Waals surface area contributed by atoms with Crippen molar-refractivity contribution >= 4 is 11.8 Å². The number of furan rings is 1. The Kier molecular flexibility index (Phi) is 4.14. The first-order valence-corrected chi connectivity index (χ1v) is 10.1. The van der Waals surface area contributed by atoms with Gasteiger partial charge in [-0.25, -0.2) is 0 Å². The molecule has 4 atom stereocenters. The van der Waals surface area contributed by atoms with E-state index < -0.39 is 5.72 Å². The first-order valence-electron chi connectivity index (χ1n) is 10.1. The second kappa shape index (κ2) is 6.69. The van der Waals surface area contributed by atoms with Gasteiger partial charge < -0.3 is 19.8 Å². The molecule has 1 aromatic carbocycles. The first-order chi connectivity index (χ1) is 13.6. The lowest BCUT2D eigenvalue weighted by molar-refractivity contribution is -0.146. The van der Waals surface area contributed by atoms with Gasteiger partial charge in [-0.05, 0) is 49.4 Å². The molecule has 6 heteroatoms. The zero-order valence-electron chi connectivity index (χ0n) is 15.6. The molecule has 2 heterocycles. The Morgan fingerprint density at radius 2 is 2.11 bits per heavy atom. The topological polar surface area (TPSA) is 80.6 Å². The molecule has 2 aromatic rings. The van der Waals surface area contributed by atoms with Gasteiger partial charge in [0.25, 0.3) is 5.91 Å². The number of para-hydroxylation sites is 1. The van der Waals surface area contributed by atoms with Crippen LogP contribution in [0.15, 0.2) is 47.1 Å². The van der Waals surface area contributed by atoms with Gasteiger partial charge in [0, 0.05) is 31.2 Å². The van der Waals surface area contributed by atoms with Crippen LogP contribution in [0, 0.1) is 17.8 Å². The number of ether oxygens (including phenoxy) is 1. The zero-order valence-corrected chi connectivity index (χ0v) is 15.6. The van der Waals surface area contributed by atoms with Crippen LogP contribution in [0.25, 0.3) is 0 Å². The molecule has 28 heavy (non-hydrogen) atoms. The summed E-state index contributed by atoms with van der Waals surface area (Å²) in [4.78, 5) is 25.4. The molecule has 0 radical (unpaired) electrons. The van der Waals surface area contributed by atoms with Crippen LogP contribution in [0.1, 0.15) is 41.8 Å². The summed E-state index contributed by atoms with van der Waals surface area (Å²) in [5.41, 5.74) is -0.0824. The molecule has 3 saturated carbocycles. The molecule has 1 aliphatic heterocycles. The van der Waals surface area contributed by atoms with Crippen LogP contribution in [0.2, 0.25) is 0 Å². The summed E-state index contributed by atoms with van der Waals surface area (Å²) in [5, 5.41) is 6.20. The van der Waals surface area contributed by atoms with E-state index in [1.54, 1.807) is 12.3 Å². The van der Waals surface area contributed by atoms with E-state index in [4.69, 9.17) is 9.15 Å². The monoisotopic (exact) mass is 380 g/mol. The highest BCUT2D eigenvalue weighted by Crippen LogP contribution is 2.52. The average molecular weight is 380 g/mol. The SMILES string of the molecule is O=C1N[C@@]2(C[C@H]3CC[C@@H]2C[C@@H]3C(=O)NCCc2ccco2)Oc2ccccc21. The lowest BCUT2D eigenvalue weighted by Crippen LogP contribution is -2.66. The fourth-order valence-electron chi connectivity index (χ4n) is 5.18. The lowest BCUT2D eigenvalue weighted by Gasteiger charge is -2.55. The van der Waals surface area contributed by atoms with Crippen molar-refractivity contribution in [2.45, 2.75) is 37.8 Å². The van der Waals surface area contributed by atoms with Crippen molar-refractivity contribution in [3.63, 3.8) is 0 Å². The summed E-state index contributed by atoms with van der Waals surface area (Å²) < 4.78 is 11.7.